The van der Waals surface area contributed by atoms with Crippen LogP contribution in [-0.4, -0.2) is 36.1 Å². The standard InChI is InChI=1S/C17H21N3O2/c1-13(2)19-10-11-20(16(19)22)15-7-4-3-6-14(15)17(18-12-21)8-5-9-17/h3-4,6-7,13H,5,8-11H2,1-2H3. The fourth-order valence-corrected chi connectivity index (χ4v) is 3.40. The van der Waals surface area contributed by atoms with Crippen LogP contribution in [-0.2, 0) is 10.3 Å². The molecule has 0 radical (unpaired) electrons. The molecule has 5 heteroatoms. The van der Waals surface area contributed by atoms with Gasteiger partial charge in [-0.15, -0.1) is 0 Å². The molecule has 3 rings (SSSR count). The minimum Gasteiger partial charge on any atom is -0.320 e. The van der Waals surface area contributed by atoms with E-state index in [-0.39, 0.29) is 12.1 Å². The van der Waals surface area contributed by atoms with Gasteiger partial charge in [0.2, 0.25) is 6.08 Å². The number of para-hydroxylation sites is 1. The molecule has 5 nitrogen and oxygen atoms in total. The van der Waals surface area contributed by atoms with Gasteiger partial charge in [0.05, 0.1) is 5.69 Å². The lowest BCUT2D eigenvalue weighted by Crippen LogP contribution is -2.38. The summed E-state index contributed by atoms with van der Waals surface area (Å²) in [4.78, 5) is 31.2. The molecule has 1 heterocycles. The summed E-state index contributed by atoms with van der Waals surface area (Å²) in [5.74, 6) is 0. The molecule has 1 aliphatic heterocycles. The normalized spacial score (nSPS) is 20.0. The van der Waals surface area contributed by atoms with Gasteiger partial charge in [-0.05, 0) is 39.2 Å². The van der Waals surface area contributed by atoms with Gasteiger partial charge in [0.15, 0.2) is 0 Å². The van der Waals surface area contributed by atoms with E-state index < -0.39 is 5.54 Å². The van der Waals surface area contributed by atoms with E-state index in [4.69, 9.17) is 0 Å². The van der Waals surface area contributed by atoms with Crippen molar-refractivity contribution >= 4 is 17.8 Å². The molecule has 1 aromatic rings. The largest absolute Gasteiger partial charge is 0.324 e. The Morgan fingerprint density at radius 2 is 1.95 bits per heavy atom. The molecule has 0 atom stereocenters. The third kappa shape index (κ3) is 2.22. The van der Waals surface area contributed by atoms with E-state index in [0.717, 1.165) is 37.1 Å². The van der Waals surface area contributed by atoms with E-state index in [2.05, 4.69) is 4.99 Å². The van der Waals surface area contributed by atoms with Gasteiger partial charge in [-0.3, -0.25) is 4.90 Å². The van der Waals surface area contributed by atoms with Gasteiger partial charge in [-0.25, -0.2) is 9.59 Å². The lowest BCUT2D eigenvalue weighted by atomic mass is 9.71. The lowest BCUT2D eigenvalue weighted by molar-refractivity contribution is 0.208. The van der Waals surface area contributed by atoms with Crippen molar-refractivity contribution in [3.8, 4) is 0 Å². The van der Waals surface area contributed by atoms with Crippen LogP contribution in [0.15, 0.2) is 29.3 Å². The van der Waals surface area contributed by atoms with Crippen LogP contribution in [0, 0.1) is 0 Å². The second-order valence-electron chi connectivity index (χ2n) is 6.33. The maximum Gasteiger partial charge on any atom is 0.324 e. The van der Waals surface area contributed by atoms with Crippen molar-refractivity contribution in [2.45, 2.75) is 44.7 Å². The summed E-state index contributed by atoms with van der Waals surface area (Å²) in [6.45, 7) is 5.46. The summed E-state index contributed by atoms with van der Waals surface area (Å²) in [6.07, 6.45) is 4.46. The summed E-state index contributed by atoms with van der Waals surface area (Å²) in [5.41, 5.74) is 1.38. The number of isocyanates is 1. The summed E-state index contributed by atoms with van der Waals surface area (Å²) in [7, 11) is 0. The Morgan fingerprint density at radius 1 is 1.23 bits per heavy atom. The number of rotatable bonds is 4. The molecular weight excluding hydrogens is 278 g/mol. The molecule has 1 aromatic carbocycles. The summed E-state index contributed by atoms with van der Waals surface area (Å²) in [6, 6.07) is 8.04. The highest BCUT2D eigenvalue weighted by atomic mass is 16.2. The van der Waals surface area contributed by atoms with Gasteiger partial charge in [-0.1, -0.05) is 18.2 Å². The minimum absolute atomic E-state index is 0.0343. The Kier molecular flexibility index (Phi) is 3.75. The minimum atomic E-state index is -0.482. The van der Waals surface area contributed by atoms with Crippen LogP contribution in [0.25, 0.3) is 0 Å². The fraction of sp³-hybridized carbons (Fsp3) is 0.529. The van der Waals surface area contributed by atoms with Crippen LogP contribution in [0.2, 0.25) is 0 Å². The SMILES string of the molecule is CC(C)N1CCN(c2ccccc2C2(N=C=O)CCC2)C1=O. The first kappa shape index (κ1) is 14.8. The van der Waals surface area contributed by atoms with Crippen LogP contribution >= 0.6 is 0 Å². The number of carbonyl (C=O) groups is 1. The van der Waals surface area contributed by atoms with Crippen molar-refractivity contribution in [2.75, 3.05) is 18.0 Å². The summed E-state index contributed by atoms with van der Waals surface area (Å²) >= 11 is 0. The van der Waals surface area contributed by atoms with Gasteiger partial charge >= 0.3 is 6.03 Å². The fourth-order valence-electron chi connectivity index (χ4n) is 3.40. The van der Waals surface area contributed by atoms with Crippen LogP contribution in [0.5, 0.6) is 0 Å². The molecule has 2 amide bonds. The zero-order valence-corrected chi connectivity index (χ0v) is 13.1. The number of anilines is 1. The average Bonchev–Trinajstić information content (AvgIpc) is 2.85. The van der Waals surface area contributed by atoms with Crippen LogP contribution in [0.4, 0.5) is 10.5 Å². The first-order chi connectivity index (χ1) is 10.6. The number of benzene rings is 1. The van der Waals surface area contributed by atoms with E-state index in [1.807, 2.05) is 47.9 Å². The Hall–Kier alpha value is -2.13. The van der Waals surface area contributed by atoms with E-state index in [1.165, 1.54) is 0 Å². The smallest absolute Gasteiger partial charge is 0.320 e. The number of urea groups is 1. The second kappa shape index (κ2) is 5.58. The number of aliphatic imine (C=N–C) groups is 1. The van der Waals surface area contributed by atoms with Crippen molar-refractivity contribution in [3.05, 3.63) is 29.8 Å². The lowest BCUT2D eigenvalue weighted by Gasteiger charge is -2.39. The van der Waals surface area contributed by atoms with Crippen molar-refractivity contribution in [1.82, 2.24) is 4.90 Å². The Balaban J connectivity index is 1.99. The number of amides is 2. The molecule has 0 N–H and O–H groups in total. The molecule has 1 saturated heterocycles. The zero-order chi connectivity index (χ0) is 15.7. The van der Waals surface area contributed by atoms with Crippen molar-refractivity contribution < 1.29 is 9.59 Å². The molecule has 22 heavy (non-hydrogen) atoms. The highest BCUT2D eigenvalue weighted by molar-refractivity contribution is 5.95. The molecule has 1 aliphatic carbocycles. The maximum atomic E-state index is 12.6. The number of nitrogens with zero attached hydrogens (tertiary/aromatic N) is 3. The molecule has 0 bridgehead atoms. The quantitative estimate of drug-likeness (QED) is 0.634. The van der Waals surface area contributed by atoms with E-state index in [9.17, 15) is 9.59 Å². The Bertz CT molecular complexity index is 631. The maximum absolute atomic E-state index is 12.6. The van der Waals surface area contributed by atoms with Crippen molar-refractivity contribution in [3.63, 3.8) is 0 Å². The predicted molar refractivity (Wildman–Crippen MR) is 84.7 cm³/mol. The number of hydrogen-bond donors (Lipinski definition) is 0. The zero-order valence-electron chi connectivity index (χ0n) is 13.1. The first-order valence-electron chi connectivity index (χ1n) is 7.86. The van der Waals surface area contributed by atoms with Gasteiger partial charge < -0.3 is 4.90 Å². The van der Waals surface area contributed by atoms with E-state index >= 15 is 0 Å². The third-order valence-electron chi connectivity index (χ3n) is 4.80. The van der Waals surface area contributed by atoms with Gasteiger partial charge in [0.1, 0.15) is 5.54 Å². The molecule has 0 aromatic heterocycles. The van der Waals surface area contributed by atoms with E-state index in [0.29, 0.717) is 6.54 Å². The van der Waals surface area contributed by atoms with Gasteiger partial charge in [-0.2, -0.15) is 4.99 Å². The van der Waals surface area contributed by atoms with Crippen LogP contribution in [0.1, 0.15) is 38.7 Å². The molecule has 0 unspecified atom stereocenters. The third-order valence-corrected chi connectivity index (χ3v) is 4.80. The van der Waals surface area contributed by atoms with Crippen molar-refractivity contribution in [2.24, 2.45) is 4.99 Å². The topological polar surface area (TPSA) is 53.0 Å². The average molecular weight is 299 g/mol. The molecular formula is C17H21N3O2. The van der Waals surface area contributed by atoms with Crippen LogP contribution < -0.4 is 4.90 Å². The highest BCUT2D eigenvalue weighted by Crippen LogP contribution is 2.48. The molecule has 0 spiro atoms. The van der Waals surface area contributed by atoms with Gasteiger partial charge in [0, 0.05) is 24.7 Å². The molecule has 2 fully saturated rings. The molecule has 116 valence electrons. The van der Waals surface area contributed by atoms with E-state index in [1.54, 1.807) is 6.08 Å². The number of hydrogen-bond acceptors (Lipinski definition) is 3. The first-order valence-corrected chi connectivity index (χ1v) is 7.86. The summed E-state index contributed by atoms with van der Waals surface area (Å²) < 4.78 is 0. The van der Waals surface area contributed by atoms with Crippen molar-refractivity contribution in [1.29, 1.82) is 0 Å². The van der Waals surface area contributed by atoms with Crippen LogP contribution in [0.3, 0.4) is 0 Å². The second-order valence-corrected chi connectivity index (χ2v) is 6.33. The number of carbonyl (C=O) groups excluding carboxylic acids is 2. The summed E-state index contributed by atoms with van der Waals surface area (Å²) in [5, 5.41) is 0. The predicted octanol–water partition coefficient (Wildman–Crippen LogP) is 3.05. The Morgan fingerprint density at radius 3 is 2.50 bits per heavy atom. The monoisotopic (exact) mass is 299 g/mol. The Labute approximate surface area is 130 Å². The van der Waals surface area contributed by atoms with Gasteiger partial charge in [0.25, 0.3) is 0 Å². The molecule has 2 aliphatic rings. The highest BCUT2D eigenvalue weighted by Gasteiger charge is 2.43. The molecule has 1 saturated carbocycles.